The van der Waals surface area contributed by atoms with Gasteiger partial charge in [0.05, 0.1) is 24.6 Å². The van der Waals surface area contributed by atoms with Gasteiger partial charge in [-0.15, -0.1) is 0 Å². The minimum absolute atomic E-state index is 0.0544. The van der Waals surface area contributed by atoms with Crippen molar-refractivity contribution in [3.63, 3.8) is 0 Å². The predicted molar refractivity (Wildman–Crippen MR) is 119 cm³/mol. The summed E-state index contributed by atoms with van der Waals surface area (Å²) in [5.74, 6) is -0.652. The molecule has 0 bridgehead atoms. The predicted octanol–water partition coefficient (Wildman–Crippen LogP) is 2.50. The molecule has 0 saturated heterocycles. The fourth-order valence-corrected chi connectivity index (χ4v) is 3.49. The molecule has 7 nitrogen and oxygen atoms in total. The van der Waals surface area contributed by atoms with Gasteiger partial charge in [0.15, 0.2) is 0 Å². The van der Waals surface area contributed by atoms with E-state index in [9.17, 15) is 14.4 Å². The van der Waals surface area contributed by atoms with Crippen LogP contribution in [0.15, 0.2) is 59.4 Å². The van der Waals surface area contributed by atoms with E-state index in [1.807, 2.05) is 50.2 Å². The molecule has 31 heavy (non-hydrogen) atoms. The molecule has 3 rings (SSSR count). The van der Waals surface area contributed by atoms with E-state index >= 15 is 0 Å². The Balaban J connectivity index is 1.86. The fourth-order valence-electron chi connectivity index (χ4n) is 3.49. The molecule has 1 amide bonds. The molecule has 0 aliphatic rings. The number of hydrogen-bond acceptors (Lipinski definition) is 5. The van der Waals surface area contributed by atoms with Crippen molar-refractivity contribution in [2.75, 3.05) is 7.11 Å². The summed E-state index contributed by atoms with van der Waals surface area (Å²) < 4.78 is 6.28. The van der Waals surface area contributed by atoms with Crippen molar-refractivity contribution in [3.05, 3.63) is 76.2 Å². The van der Waals surface area contributed by atoms with E-state index in [2.05, 4.69) is 10.4 Å². The quantitative estimate of drug-likeness (QED) is 0.565. The van der Waals surface area contributed by atoms with Crippen LogP contribution in [0.1, 0.15) is 25.1 Å². The van der Waals surface area contributed by atoms with Gasteiger partial charge in [-0.05, 0) is 17.5 Å². The molecule has 2 aromatic carbocycles. The van der Waals surface area contributed by atoms with Gasteiger partial charge < -0.3 is 10.1 Å². The zero-order valence-corrected chi connectivity index (χ0v) is 18.0. The monoisotopic (exact) mass is 421 g/mol. The van der Waals surface area contributed by atoms with E-state index in [1.165, 1.54) is 11.8 Å². The lowest BCUT2D eigenvalue weighted by atomic mass is 10.1. The van der Waals surface area contributed by atoms with E-state index in [-0.39, 0.29) is 23.8 Å². The first-order valence-corrected chi connectivity index (χ1v) is 10.3. The van der Waals surface area contributed by atoms with Crippen LogP contribution in [-0.4, -0.2) is 34.8 Å². The Labute approximate surface area is 181 Å². The summed E-state index contributed by atoms with van der Waals surface area (Å²) in [4.78, 5) is 37.8. The normalized spacial score (nSPS) is 12.0. The number of nitrogens with zero attached hydrogens (tertiary/aromatic N) is 2. The van der Waals surface area contributed by atoms with E-state index in [0.29, 0.717) is 29.4 Å². The molecule has 0 fully saturated rings. The highest BCUT2D eigenvalue weighted by molar-refractivity contribution is 5.90. The van der Waals surface area contributed by atoms with Crippen molar-refractivity contribution in [1.82, 2.24) is 15.1 Å². The first-order chi connectivity index (χ1) is 14.9. The number of hydrogen-bond donors (Lipinski definition) is 1. The number of aromatic nitrogens is 2. The Bertz CT molecular complexity index is 1120. The maximum Gasteiger partial charge on any atom is 0.328 e. The van der Waals surface area contributed by atoms with Crippen LogP contribution < -0.4 is 10.9 Å². The van der Waals surface area contributed by atoms with Crippen LogP contribution in [0.5, 0.6) is 0 Å². The lowest BCUT2D eigenvalue weighted by molar-refractivity contribution is -0.145. The molecule has 0 aliphatic carbocycles. The number of rotatable bonds is 8. The number of nitrogens with one attached hydrogen (secondary N) is 1. The smallest absolute Gasteiger partial charge is 0.328 e. The lowest BCUT2D eigenvalue weighted by Gasteiger charge is -2.17. The van der Waals surface area contributed by atoms with Gasteiger partial charge in [0.1, 0.15) is 6.04 Å². The molecule has 1 heterocycles. The van der Waals surface area contributed by atoms with Crippen LogP contribution in [0.4, 0.5) is 0 Å². The third kappa shape index (κ3) is 5.57. The molecule has 162 valence electrons. The molecular weight excluding hydrogens is 394 g/mol. The van der Waals surface area contributed by atoms with Gasteiger partial charge in [-0.2, -0.15) is 5.10 Å². The van der Waals surface area contributed by atoms with E-state index in [0.717, 1.165) is 5.56 Å². The molecule has 0 aliphatic heterocycles. The minimum Gasteiger partial charge on any atom is -0.467 e. The lowest BCUT2D eigenvalue weighted by Crippen LogP contribution is -2.44. The number of amides is 1. The summed E-state index contributed by atoms with van der Waals surface area (Å²) in [5, 5.41) is 8.39. The Morgan fingerprint density at radius 3 is 2.32 bits per heavy atom. The molecule has 0 saturated carbocycles. The third-order valence-corrected chi connectivity index (χ3v) is 4.91. The van der Waals surface area contributed by atoms with Crippen LogP contribution >= 0.6 is 0 Å². The molecule has 3 aromatic rings. The average Bonchev–Trinajstić information content (AvgIpc) is 2.76. The van der Waals surface area contributed by atoms with Crippen LogP contribution in [0.2, 0.25) is 0 Å². The zero-order chi connectivity index (χ0) is 22.4. The third-order valence-electron chi connectivity index (χ3n) is 4.91. The maximum absolute atomic E-state index is 12.8. The highest BCUT2D eigenvalue weighted by atomic mass is 16.5. The Hall–Kier alpha value is -3.48. The summed E-state index contributed by atoms with van der Waals surface area (Å²) in [5.41, 5.74) is 1.23. The second-order valence-electron chi connectivity index (χ2n) is 7.88. The largest absolute Gasteiger partial charge is 0.467 e. The SMILES string of the molecule is COC(=O)[C@H](Cc1ccccc1)NC(=O)Cc1nn(CC(C)C)c(=O)c2ccccc12. The van der Waals surface area contributed by atoms with Crippen LogP contribution in [0.3, 0.4) is 0 Å². The van der Waals surface area contributed by atoms with E-state index in [1.54, 1.807) is 18.2 Å². The number of methoxy groups -OCH3 is 1. The average molecular weight is 421 g/mol. The summed E-state index contributed by atoms with van der Waals surface area (Å²) in [6.45, 7) is 4.46. The van der Waals surface area contributed by atoms with Gasteiger partial charge >= 0.3 is 5.97 Å². The summed E-state index contributed by atoms with van der Waals surface area (Å²) in [6, 6.07) is 15.7. The summed E-state index contributed by atoms with van der Waals surface area (Å²) in [7, 11) is 1.29. The van der Waals surface area contributed by atoms with Gasteiger partial charge in [0.25, 0.3) is 5.56 Å². The van der Waals surface area contributed by atoms with Gasteiger partial charge in [0, 0.05) is 18.4 Å². The standard InChI is InChI=1S/C24H27N3O4/c1-16(2)15-27-23(29)19-12-8-7-11-18(19)20(26-27)14-22(28)25-21(24(30)31-3)13-17-9-5-4-6-10-17/h4-12,16,21H,13-15H2,1-3H3,(H,25,28)/t21-/m0/s1. The Kier molecular flexibility index (Phi) is 7.18. The highest BCUT2D eigenvalue weighted by Crippen LogP contribution is 2.15. The minimum atomic E-state index is -0.812. The first-order valence-electron chi connectivity index (χ1n) is 10.3. The van der Waals surface area contributed by atoms with Crippen molar-refractivity contribution in [2.45, 2.75) is 39.3 Å². The van der Waals surface area contributed by atoms with Gasteiger partial charge in [-0.25, -0.2) is 9.48 Å². The number of carbonyl (C=O) groups excluding carboxylic acids is 2. The topological polar surface area (TPSA) is 90.3 Å². The van der Waals surface area contributed by atoms with E-state index < -0.39 is 12.0 Å². The number of carbonyl (C=O) groups is 2. The molecule has 0 radical (unpaired) electrons. The van der Waals surface area contributed by atoms with Crippen molar-refractivity contribution >= 4 is 22.6 Å². The number of ether oxygens (including phenoxy) is 1. The second kappa shape index (κ2) is 10.0. The molecular formula is C24H27N3O4. The molecule has 0 spiro atoms. The van der Waals surface area contributed by atoms with Crippen molar-refractivity contribution in [2.24, 2.45) is 5.92 Å². The highest BCUT2D eigenvalue weighted by Gasteiger charge is 2.23. The fraction of sp³-hybridized carbons (Fsp3) is 0.333. The van der Waals surface area contributed by atoms with Gasteiger partial charge in [-0.3, -0.25) is 9.59 Å². The number of fused-ring (bicyclic) bond motifs is 1. The van der Waals surface area contributed by atoms with E-state index in [4.69, 9.17) is 4.74 Å². The van der Waals surface area contributed by atoms with Crippen molar-refractivity contribution < 1.29 is 14.3 Å². The van der Waals surface area contributed by atoms with Crippen LogP contribution in [0.25, 0.3) is 10.8 Å². The second-order valence-corrected chi connectivity index (χ2v) is 7.88. The van der Waals surface area contributed by atoms with Crippen molar-refractivity contribution in [3.8, 4) is 0 Å². The maximum atomic E-state index is 12.8. The Morgan fingerprint density at radius 2 is 1.68 bits per heavy atom. The van der Waals surface area contributed by atoms with Gasteiger partial charge in [0.2, 0.25) is 5.91 Å². The van der Waals surface area contributed by atoms with Gasteiger partial charge in [-0.1, -0.05) is 62.4 Å². The van der Waals surface area contributed by atoms with Crippen LogP contribution in [0, 0.1) is 5.92 Å². The number of benzene rings is 2. The van der Waals surface area contributed by atoms with Crippen molar-refractivity contribution in [1.29, 1.82) is 0 Å². The zero-order valence-electron chi connectivity index (χ0n) is 18.0. The Morgan fingerprint density at radius 1 is 1.03 bits per heavy atom. The molecule has 1 aromatic heterocycles. The summed E-state index contributed by atoms with van der Waals surface area (Å²) >= 11 is 0. The summed E-state index contributed by atoms with van der Waals surface area (Å²) in [6.07, 6.45) is 0.265. The first kappa shape index (κ1) is 22.2. The molecule has 1 atom stereocenters. The van der Waals surface area contributed by atoms with Crippen LogP contribution in [-0.2, 0) is 33.7 Å². The number of esters is 1. The molecule has 0 unspecified atom stereocenters. The molecule has 7 heteroatoms. The molecule has 1 N–H and O–H groups in total.